The molecule has 1 saturated heterocycles. The van der Waals surface area contributed by atoms with Gasteiger partial charge in [0.25, 0.3) is 0 Å². The van der Waals surface area contributed by atoms with Crippen LogP contribution in [-0.2, 0) is 13.0 Å². The van der Waals surface area contributed by atoms with Crippen LogP contribution in [0, 0.1) is 5.92 Å². The minimum absolute atomic E-state index is 0.772. The van der Waals surface area contributed by atoms with Gasteiger partial charge in [-0.3, -0.25) is 9.80 Å². The monoisotopic (exact) mass is 343 g/mol. The summed E-state index contributed by atoms with van der Waals surface area (Å²) in [5, 5.41) is 0. The van der Waals surface area contributed by atoms with E-state index in [1.54, 1.807) is 0 Å². The average Bonchev–Trinajstić information content (AvgIpc) is 2.60. The fourth-order valence-corrected chi connectivity index (χ4v) is 4.28. The molecular formula is C20H33N5. The number of anilines is 1. The summed E-state index contributed by atoms with van der Waals surface area (Å²) in [6.45, 7) is 12.5. The first-order chi connectivity index (χ1) is 12.2. The fourth-order valence-electron chi connectivity index (χ4n) is 4.28. The van der Waals surface area contributed by atoms with Gasteiger partial charge in [-0.05, 0) is 18.8 Å². The molecule has 138 valence electrons. The maximum absolute atomic E-state index is 4.94. The highest BCUT2D eigenvalue weighted by Crippen LogP contribution is 2.26. The van der Waals surface area contributed by atoms with Crippen molar-refractivity contribution in [2.24, 2.45) is 5.92 Å². The Morgan fingerprint density at radius 1 is 1.16 bits per heavy atom. The van der Waals surface area contributed by atoms with E-state index in [2.05, 4.69) is 34.7 Å². The zero-order valence-electron chi connectivity index (χ0n) is 16.0. The molecule has 5 heteroatoms. The van der Waals surface area contributed by atoms with Crippen molar-refractivity contribution in [3.8, 4) is 0 Å². The van der Waals surface area contributed by atoms with Crippen molar-refractivity contribution < 1.29 is 0 Å². The van der Waals surface area contributed by atoms with Gasteiger partial charge in [0.05, 0.1) is 5.69 Å². The first-order valence-electron chi connectivity index (χ1n) is 10.3. The number of piperazine rings is 1. The van der Waals surface area contributed by atoms with Crippen molar-refractivity contribution in [2.75, 3.05) is 44.2 Å². The van der Waals surface area contributed by atoms with Gasteiger partial charge in [0.2, 0.25) is 5.95 Å². The van der Waals surface area contributed by atoms with Gasteiger partial charge in [0.15, 0.2) is 0 Å². The summed E-state index contributed by atoms with van der Waals surface area (Å²) in [5.74, 6) is 1.73. The Labute approximate surface area is 152 Å². The summed E-state index contributed by atoms with van der Waals surface area (Å²) in [6, 6.07) is 0.864. The summed E-state index contributed by atoms with van der Waals surface area (Å²) >= 11 is 0. The number of aromatic nitrogens is 2. The van der Waals surface area contributed by atoms with Crippen LogP contribution in [0.15, 0.2) is 6.20 Å². The maximum Gasteiger partial charge on any atom is 0.225 e. The van der Waals surface area contributed by atoms with E-state index in [9.17, 15) is 0 Å². The van der Waals surface area contributed by atoms with Crippen molar-refractivity contribution in [1.29, 1.82) is 0 Å². The standard InChI is InChI=1S/C20H33N5/c1-3-16(2)14-23-8-7-19-17(15-23)13-21-20(22-19)25-11-9-24(10-12-25)18-5-4-6-18/h13,16,18H,3-12,14-15H2,1-2H3. The molecule has 1 aromatic heterocycles. The summed E-state index contributed by atoms with van der Waals surface area (Å²) in [4.78, 5) is 17.3. The molecule has 25 heavy (non-hydrogen) atoms. The number of hydrogen-bond acceptors (Lipinski definition) is 5. The van der Waals surface area contributed by atoms with E-state index in [1.807, 2.05) is 0 Å². The first kappa shape index (κ1) is 17.2. The molecule has 1 unspecified atom stereocenters. The van der Waals surface area contributed by atoms with Gasteiger partial charge in [-0.25, -0.2) is 9.97 Å². The number of hydrogen-bond donors (Lipinski definition) is 0. The smallest absolute Gasteiger partial charge is 0.225 e. The van der Waals surface area contributed by atoms with Gasteiger partial charge in [-0.15, -0.1) is 0 Å². The van der Waals surface area contributed by atoms with Crippen LogP contribution in [0.5, 0.6) is 0 Å². The molecule has 3 heterocycles. The van der Waals surface area contributed by atoms with E-state index < -0.39 is 0 Å². The molecule has 3 aliphatic rings. The number of rotatable bonds is 5. The Morgan fingerprint density at radius 3 is 2.64 bits per heavy atom. The van der Waals surface area contributed by atoms with E-state index in [-0.39, 0.29) is 0 Å². The van der Waals surface area contributed by atoms with Gasteiger partial charge in [-0.2, -0.15) is 0 Å². The summed E-state index contributed by atoms with van der Waals surface area (Å²) in [5.41, 5.74) is 2.62. The molecule has 1 aliphatic carbocycles. The molecule has 0 N–H and O–H groups in total. The van der Waals surface area contributed by atoms with Gasteiger partial charge < -0.3 is 4.90 Å². The number of fused-ring (bicyclic) bond motifs is 1. The Hall–Kier alpha value is -1.20. The van der Waals surface area contributed by atoms with Crippen LogP contribution in [0.3, 0.4) is 0 Å². The molecular weight excluding hydrogens is 310 g/mol. The summed E-state index contributed by atoms with van der Waals surface area (Å²) < 4.78 is 0. The van der Waals surface area contributed by atoms with Crippen LogP contribution < -0.4 is 4.90 Å². The maximum atomic E-state index is 4.94. The SMILES string of the molecule is CCC(C)CN1CCc2nc(N3CCN(C4CCC4)CC3)ncc2C1. The molecule has 0 amide bonds. The number of nitrogens with zero attached hydrogens (tertiary/aromatic N) is 5. The molecule has 0 radical (unpaired) electrons. The fraction of sp³-hybridized carbons (Fsp3) is 0.800. The predicted octanol–water partition coefficient (Wildman–Crippen LogP) is 2.56. The van der Waals surface area contributed by atoms with E-state index in [0.717, 1.165) is 50.5 Å². The highest BCUT2D eigenvalue weighted by atomic mass is 15.3. The molecule has 1 atom stereocenters. The molecule has 2 fully saturated rings. The Balaban J connectivity index is 1.36. The third-order valence-corrected chi connectivity index (χ3v) is 6.46. The average molecular weight is 344 g/mol. The lowest BCUT2D eigenvalue weighted by atomic mass is 9.91. The van der Waals surface area contributed by atoms with Crippen molar-refractivity contribution in [3.63, 3.8) is 0 Å². The third-order valence-electron chi connectivity index (χ3n) is 6.46. The van der Waals surface area contributed by atoms with Crippen LogP contribution in [-0.4, -0.2) is 65.1 Å². The lowest BCUT2D eigenvalue weighted by Gasteiger charge is -2.43. The van der Waals surface area contributed by atoms with Crippen molar-refractivity contribution >= 4 is 5.95 Å². The highest BCUT2D eigenvalue weighted by molar-refractivity contribution is 5.35. The molecule has 2 aliphatic heterocycles. The normalized spacial score (nSPS) is 24.0. The zero-order chi connectivity index (χ0) is 17.2. The first-order valence-corrected chi connectivity index (χ1v) is 10.3. The summed E-state index contributed by atoms with van der Waals surface area (Å²) in [7, 11) is 0. The molecule has 4 rings (SSSR count). The second kappa shape index (κ2) is 7.58. The minimum atomic E-state index is 0.772. The zero-order valence-corrected chi connectivity index (χ0v) is 16.0. The van der Waals surface area contributed by atoms with Gasteiger partial charge >= 0.3 is 0 Å². The van der Waals surface area contributed by atoms with Gasteiger partial charge in [-0.1, -0.05) is 26.7 Å². The van der Waals surface area contributed by atoms with E-state index >= 15 is 0 Å². The van der Waals surface area contributed by atoms with Crippen molar-refractivity contribution in [1.82, 2.24) is 19.8 Å². The second-order valence-corrected chi connectivity index (χ2v) is 8.25. The molecule has 0 spiro atoms. The van der Waals surface area contributed by atoms with Gasteiger partial charge in [0.1, 0.15) is 0 Å². The Kier molecular flexibility index (Phi) is 5.23. The Bertz CT molecular complexity index is 577. The van der Waals surface area contributed by atoms with E-state index in [0.29, 0.717) is 0 Å². The molecule has 1 saturated carbocycles. The predicted molar refractivity (Wildman–Crippen MR) is 102 cm³/mol. The van der Waals surface area contributed by atoms with Crippen LogP contribution in [0.25, 0.3) is 0 Å². The van der Waals surface area contributed by atoms with Crippen molar-refractivity contribution in [3.05, 3.63) is 17.5 Å². The van der Waals surface area contributed by atoms with Crippen LogP contribution >= 0.6 is 0 Å². The lowest BCUT2D eigenvalue weighted by Crippen LogP contribution is -2.52. The van der Waals surface area contributed by atoms with E-state index in [4.69, 9.17) is 9.97 Å². The van der Waals surface area contributed by atoms with Crippen molar-refractivity contribution in [2.45, 2.75) is 58.5 Å². The quantitative estimate of drug-likeness (QED) is 0.821. The minimum Gasteiger partial charge on any atom is -0.338 e. The Morgan fingerprint density at radius 2 is 1.96 bits per heavy atom. The molecule has 0 bridgehead atoms. The molecule has 0 aromatic carbocycles. The van der Waals surface area contributed by atoms with Gasteiger partial charge in [0, 0.05) is 70.0 Å². The summed E-state index contributed by atoms with van der Waals surface area (Å²) in [6.07, 6.45) is 8.66. The highest BCUT2D eigenvalue weighted by Gasteiger charge is 2.29. The lowest BCUT2D eigenvalue weighted by molar-refractivity contribution is 0.120. The molecule has 5 nitrogen and oxygen atoms in total. The van der Waals surface area contributed by atoms with Crippen LogP contribution in [0.4, 0.5) is 5.95 Å². The third kappa shape index (κ3) is 3.82. The largest absolute Gasteiger partial charge is 0.338 e. The van der Waals surface area contributed by atoms with Crippen LogP contribution in [0.1, 0.15) is 50.8 Å². The molecule has 1 aromatic rings. The topological polar surface area (TPSA) is 35.5 Å². The van der Waals surface area contributed by atoms with Crippen LogP contribution in [0.2, 0.25) is 0 Å². The second-order valence-electron chi connectivity index (χ2n) is 8.25. The van der Waals surface area contributed by atoms with E-state index in [1.165, 1.54) is 56.6 Å².